The highest BCUT2D eigenvalue weighted by Crippen LogP contribution is 2.40. The SMILES string of the molecule is NC1CCC2Cc3cccc(F)c3N12. The molecule has 0 radical (unpaired) electrons. The van der Waals surface area contributed by atoms with Gasteiger partial charge in [0, 0.05) is 6.04 Å². The van der Waals surface area contributed by atoms with Crippen LogP contribution in [0, 0.1) is 5.82 Å². The lowest BCUT2D eigenvalue weighted by Crippen LogP contribution is -2.39. The molecule has 2 unspecified atom stereocenters. The summed E-state index contributed by atoms with van der Waals surface area (Å²) in [5.74, 6) is -0.123. The molecule has 0 aromatic heterocycles. The Balaban J connectivity index is 2.13. The molecule has 2 aliphatic heterocycles. The third-order valence-electron chi connectivity index (χ3n) is 3.33. The van der Waals surface area contributed by atoms with Crippen LogP contribution in [0.1, 0.15) is 18.4 Å². The highest BCUT2D eigenvalue weighted by molar-refractivity contribution is 5.62. The van der Waals surface area contributed by atoms with Crippen molar-refractivity contribution in [2.75, 3.05) is 4.90 Å². The molecule has 0 amide bonds. The van der Waals surface area contributed by atoms with Crippen molar-refractivity contribution < 1.29 is 4.39 Å². The van der Waals surface area contributed by atoms with E-state index in [1.165, 1.54) is 6.07 Å². The van der Waals surface area contributed by atoms with Gasteiger partial charge in [-0.2, -0.15) is 0 Å². The second-order valence-corrected chi connectivity index (χ2v) is 4.16. The Morgan fingerprint density at radius 1 is 1.36 bits per heavy atom. The molecule has 2 N–H and O–H groups in total. The van der Waals surface area contributed by atoms with Crippen LogP contribution in [0.2, 0.25) is 0 Å². The van der Waals surface area contributed by atoms with Crippen LogP contribution >= 0.6 is 0 Å². The van der Waals surface area contributed by atoms with E-state index in [0.717, 1.165) is 30.5 Å². The van der Waals surface area contributed by atoms with Gasteiger partial charge >= 0.3 is 0 Å². The maximum atomic E-state index is 13.6. The van der Waals surface area contributed by atoms with Crippen molar-refractivity contribution in [1.82, 2.24) is 0 Å². The van der Waals surface area contributed by atoms with Crippen molar-refractivity contribution >= 4 is 5.69 Å². The van der Waals surface area contributed by atoms with Crippen LogP contribution in [-0.2, 0) is 6.42 Å². The summed E-state index contributed by atoms with van der Waals surface area (Å²) in [5.41, 5.74) is 7.83. The summed E-state index contributed by atoms with van der Waals surface area (Å²) in [6.07, 6.45) is 3.05. The van der Waals surface area contributed by atoms with Crippen LogP contribution in [0.4, 0.5) is 10.1 Å². The zero-order chi connectivity index (χ0) is 9.71. The van der Waals surface area contributed by atoms with Crippen LogP contribution in [0.5, 0.6) is 0 Å². The van der Waals surface area contributed by atoms with Crippen LogP contribution in [0.25, 0.3) is 0 Å². The second kappa shape index (κ2) is 2.70. The molecule has 1 aromatic carbocycles. The van der Waals surface area contributed by atoms with E-state index >= 15 is 0 Å². The highest BCUT2D eigenvalue weighted by Gasteiger charge is 2.39. The van der Waals surface area contributed by atoms with Crippen molar-refractivity contribution in [2.24, 2.45) is 5.73 Å². The number of anilines is 1. The number of fused-ring (bicyclic) bond motifs is 3. The number of hydrogen-bond acceptors (Lipinski definition) is 2. The summed E-state index contributed by atoms with van der Waals surface area (Å²) < 4.78 is 13.6. The number of halogens is 1. The maximum Gasteiger partial charge on any atom is 0.146 e. The number of hydrogen-bond donors (Lipinski definition) is 1. The standard InChI is InChI=1S/C11H13FN2/c12-9-3-1-2-7-6-8-4-5-10(13)14(8)11(7)9/h1-3,8,10H,4-6,13H2. The largest absolute Gasteiger partial charge is 0.350 e. The molecule has 2 nitrogen and oxygen atoms in total. The molecule has 1 aromatic rings. The van der Waals surface area contributed by atoms with Gasteiger partial charge in [0.15, 0.2) is 0 Å². The van der Waals surface area contributed by atoms with E-state index in [2.05, 4.69) is 4.90 Å². The van der Waals surface area contributed by atoms with Crippen LogP contribution in [-0.4, -0.2) is 12.2 Å². The van der Waals surface area contributed by atoms with E-state index in [-0.39, 0.29) is 12.0 Å². The first-order chi connectivity index (χ1) is 6.77. The monoisotopic (exact) mass is 192 g/mol. The molecule has 0 saturated carbocycles. The van der Waals surface area contributed by atoms with Gasteiger partial charge in [-0.1, -0.05) is 12.1 Å². The van der Waals surface area contributed by atoms with Crippen molar-refractivity contribution in [3.8, 4) is 0 Å². The maximum absolute atomic E-state index is 13.6. The average molecular weight is 192 g/mol. The predicted molar refractivity (Wildman–Crippen MR) is 53.6 cm³/mol. The Morgan fingerprint density at radius 3 is 3.07 bits per heavy atom. The topological polar surface area (TPSA) is 29.3 Å². The fourth-order valence-electron chi connectivity index (χ4n) is 2.73. The number of para-hydroxylation sites is 1. The van der Waals surface area contributed by atoms with Crippen LogP contribution < -0.4 is 10.6 Å². The van der Waals surface area contributed by atoms with E-state index in [4.69, 9.17) is 5.73 Å². The van der Waals surface area contributed by atoms with Crippen LogP contribution in [0.15, 0.2) is 18.2 Å². The molecule has 14 heavy (non-hydrogen) atoms. The van der Waals surface area contributed by atoms with E-state index in [1.54, 1.807) is 6.07 Å². The minimum atomic E-state index is -0.123. The predicted octanol–water partition coefficient (Wildman–Crippen LogP) is 1.64. The zero-order valence-corrected chi connectivity index (χ0v) is 7.91. The zero-order valence-electron chi connectivity index (χ0n) is 7.91. The highest BCUT2D eigenvalue weighted by atomic mass is 19.1. The number of nitrogens with zero attached hydrogens (tertiary/aromatic N) is 1. The summed E-state index contributed by atoms with van der Waals surface area (Å²) in [7, 11) is 0. The van der Waals surface area contributed by atoms with Gasteiger partial charge in [-0.05, 0) is 30.9 Å². The summed E-state index contributed by atoms with van der Waals surface area (Å²) in [6.45, 7) is 0. The lowest BCUT2D eigenvalue weighted by atomic mass is 10.1. The Kier molecular flexibility index (Phi) is 1.59. The summed E-state index contributed by atoms with van der Waals surface area (Å²) >= 11 is 0. The lowest BCUT2D eigenvalue weighted by molar-refractivity contribution is 0.605. The van der Waals surface area contributed by atoms with Crippen molar-refractivity contribution in [3.05, 3.63) is 29.6 Å². The van der Waals surface area contributed by atoms with Gasteiger partial charge in [0.05, 0.1) is 11.9 Å². The van der Waals surface area contributed by atoms with Gasteiger partial charge in [-0.25, -0.2) is 4.39 Å². The Labute approximate surface area is 82.5 Å². The third kappa shape index (κ3) is 0.932. The molecule has 3 rings (SSSR count). The first kappa shape index (κ1) is 8.24. The molecule has 2 aliphatic rings. The van der Waals surface area contributed by atoms with Crippen LogP contribution in [0.3, 0.4) is 0 Å². The van der Waals surface area contributed by atoms with Gasteiger partial charge in [-0.15, -0.1) is 0 Å². The van der Waals surface area contributed by atoms with Gasteiger partial charge in [0.2, 0.25) is 0 Å². The fraction of sp³-hybridized carbons (Fsp3) is 0.455. The van der Waals surface area contributed by atoms with E-state index in [0.29, 0.717) is 6.04 Å². The van der Waals surface area contributed by atoms with E-state index in [1.807, 2.05) is 6.07 Å². The molecule has 0 spiro atoms. The Bertz CT molecular complexity index is 378. The molecule has 1 fully saturated rings. The fourth-order valence-corrected chi connectivity index (χ4v) is 2.73. The number of nitrogens with two attached hydrogens (primary N) is 1. The minimum absolute atomic E-state index is 0.0122. The first-order valence-electron chi connectivity index (χ1n) is 5.08. The molecule has 3 heteroatoms. The molecule has 2 atom stereocenters. The van der Waals surface area contributed by atoms with Gasteiger partial charge < -0.3 is 10.6 Å². The molecule has 74 valence electrons. The summed E-state index contributed by atoms with van der Waals surface area (Å²) in [6, 6.07) is 5.74. The van der Waals surface area contributed by atoms with E-state index < -0.39 is 0 Å². The van der Waals surface area contributed by atoms with Crippen molar-refractivity contribution in [3.63, 3.8) is 0 Å². The normalized spacial score (nSPS) is 29.1. The van der Waals surface area contributed by atoms with Gasteiger partial charge in [-0.3, -0.25) is 0 Å². The summed E-state index contributed by atoms with van der Waals surface area (Å²) in [4.78, 5) is 2.06. The second-order valence-electron chi connectivity index (χ2n) is 4.16. The molecule has 0 bridgehead atoms. The minimum Gasteiger partial charge on any atom is -0.350 e. The Hall–Kier alpha value is -1.09. The van der Waals surface area contributed by atoms with E-state index in [9.17, 15) is 4.39 Å². The molecule has 1 saturated heterocycles. The Morgan fingerprint density at radius 2 is 2.21 bits per heavy atom. The quantitative estimate of drug-likeness (QED) is 0.677. The van der Waals surface area contributed by atoms with Gasteiger partial charge in [0.1, 0.15) is 5.82 Å². The summed E-state index contributed by atoms with van der Waals surface area (Å²) in [5, 5.41) is 0. The molecular weight excluding hydrogens is 179 g/mol. The van der Waals surface area contributed by atoms with Gasteiger partial charge in [0.25, 0.3) is 0 Å². The average Bonchev–Trinajstić information content (AvgIpc) is 2.67. The number of benzene rings is 1. The first-order valence-corrected chi connectivity index (χ1v) is 5.08. The number of rotatable bonds is 0. The smallest absolute Gasteiger partial charge is 0.146 e. The molecule has 0 aliphatic carbocycles. The molecular formula is C11H13FN2. The van der Waals surface area contributed by atoms with Crippen molar-refractivity contribution in [2.45, 2.75) is 31.5 Å². The van der Waals surface area contributed by atoms with Crippen molar-refractivity contribution in [1.29, 1.82) is 0 Å². The lowest BCUT2D eigenvalue weighted by Gasteiger charge is -2.24. The third-order valence-corrected chi connectivity index (χ3v) is 3.33. The molecule has 2 heterocycles.